The zero-order valence-electron chi connectivity index (χ0n) is 16.1. The van der Waals surface area contributed by atoms with E-state index in [-0.39, 0.29) is 23.3 Å². The highest BCUT2D eigenvalue weighted by atomic mass is 16.2. The quantitative estimate of drug-likeness (QED) is 0.780. The van der Waals surface area contributed by atoms with E-state index in [1.54, 1.807) is 0 Å². The predicted octanol–water partition coefficient (Wildman–Crippen LogP) is 3.54. The van der Waals surface area contributed by atoms with Crippen molar-refractivity contribution in [2.24, 2.45) is 22.2 Å². The molecule has 2 heterocycles. The van der Waals surface area contributed by atoms with E-state index in [4.69, 9.17) is 4.99 Å². The number of fused-ring (bicyclic) bond motifs is 1. The van der Waals surface area contributed by atoms with Gasteiger partial charge in [-0.3, -0.25) is 9.79 Å². The average Bonchev–Trinajstić information content (AvgIpc) is 2.42. The molecular formula is C19H33N3O. The average molecular weight is 319 g/mol. The number of carbonyl (C=O) groups is 1. The van der Waals surface area contributed by atoms with E-state index in [0.717, 1.165) is 19.6 Å². The number of nitrogens with zero attached hydrogens (tertiary/aromatic N) is 3. The number of hydrogen-bond donors (Lipinski definition) is 0. The van der Waals surface area contributed by atoms with Crippen molar-refractivity contribution < 1.29 is 4.79 Å². The normalized spacial score (nSPS) is 22.7. The van der Waals surface area contributed by atoms with E-state index < -0.39 is 0 Å². The highest BCUT2D eigenvalue weighted by Gasteiger charge is 2.38. The zero-order valence-corrected chi connectivity index (χ0v) is 16.1. The van der Waals surface area contributed by atoms with E-state index in [1.807, 2.05) is 18.7 Å². The Hall–Kier alpha value is -1.32. The van der Waals surface area contributed by atoms with Gasteiger partial charge in [0.15, 0.2) is 0 Å². The van der Waals surface area contributed by atoms with Gasteiger partial charge in [-0.05, 0) is 17.9 Å². The van der Waals surface area contributed by atoms with Crippen molar-refractivity contribution in [1.82, 2.24) is 9.80 Å². The summed E-state index contributed by atoms with van der Waals surface area (Å²) in [7, 11) is 0. The standard InChI is InChI=1S/C19H33N3O/c1-12(2)17-20-14(5)16(19(6,7)8)15-11-21(9-10-22(15)17)18(23)13(3)4/h12-14H,9-11H2,1-8H3/t14-/m0/s1. The summed E-state index contributed by atoms with van der Waals surface area (Å²) >= 11 is 0. The summed E-state index contributed by atoms with van der Waals surface area (Å²) in [4.78, 5) is 21.9. The Morgan fingerprint density at radius 3 is 2.26 bits per heavy atom. The molecule has 0 aromatic rings. The molecule has 0 N–H and O–H groups in total. The highest BCUT2D eigenvalue weighted by Crippen LogP contribution is 2.38. The first-order valence-electron chi connectivity index (χ1n) is 8.91. The summed E-state index contributed by atoms with van der Waals surface area (Å²) < 4.78 is 0. The number of amidine groups is 1. The second kappa shape index (κ2) is 6.29. The molecule has 0 spiro atoms. The summed E-state index contributed by atoms with van der Waals surface area (Å²) in [6.07, 6.45) is 0. The molecule has 1 saturated heterocycles. The fourth-order valence-electron chi connectivity index (χ4n) is 3.83. The molecular weight excluding hydrogens is 286 g/mol. The van der Waals surface area contributed by atoms with E-state index in [9.17, 15) is 4.79 Å². The van der Waals surface area contributed by atoms with Gasteiger partial charge in [-0.2, -0.15) is 0 Å². The van der Waals surface area contributed by atoms with E-state index in [0.29, 0.717) is 5.92 Å². The van der Waals surface area contributed by atoms with Gasteiger partial charge in [0.05, 0.1) is 12.6 Å². The molecule has 1 fully saturated rings. The first-order chi connectivity index (χ1) is 10.5. The summed E-state index contributed by atoms with van der Waals surface area (Å²) in [6.45, 7) is 19.7. The number of rotatable bonds is 2. The lowest BCUT2D eigenvalue weighted by atomic mass is 9.79. The fraction of sp³-hybridized carbons (Fsp3) is 0.789. The van der Waals surface area contributed by atoms with Gasteiger partial charge in [-0.1, -0.05) is 48.5 Å². The van der Waals surface area contributed by atoms with Crippen LogP contribution in [0.25, 0.3) is 0 Å². The van der Waals surface area contributed by atoms with Crippen LogP contribution in [0.5, 0.6) is 0 Å². The molecule has 4 heteroatoms. The van der Waals surface area contributed by atoms with Crippen molar-refractivity contribution in [3.8, 4) is 0 Å². The molecule has 1 atom stereocenters. The summed E-state index contributed by atoms with van der Waals surface area (Å²) in [5.74, 6) is 1.89. The molecule has 0 aromatic heterocycles. The maximum Gasteiger partial charge on any atom is 0.225 e. The van der Waals surface area contributed by atoms with Gasteiger partial charge in [-0.15, -0.1) is 0 Å². The lowest BCUT2D eigenvalue weighted by molar-refractivity contribution is -0.135. The smallest absolute Gasteiger partial charge is 0.225 e. The second-order valence-corrected chi connectivity index (χ2v) is 8.49. The zero-order chi connectivity index (χ0) is 17.5. The van der Waals surface area contributed by atoms with Gasteiger partial charge >= 0.3 is 0 Å². The summed E-state index contributed by atoms with van der Waals surface area (Å²) in [5.41, 5.74) is 2.75. The van der Waals surface area contributed by atoms with Crippen LogP contribution in [0, 0.1) is 17.3 Å². The SMILES string of the molecule is CC(C)C(=O)N1CCN2C(C(C)C)=N[C@@H](C)C(C(C)(C)C)=C2C1. The van der Waals surface area contributed by atoms with Crippen LogP contribution < -0.4 is 0 Å². The van der Waals surface area contributed by atoms with Crippen LogP contribution in [0.3, 0.4) is 0 Å². The van der Waals surface area contributed by atoms with Crippen molar-refractivity contribution in [2.45, 2.75) is 61.4 Å². The van der Waals surface area contributed by atoms with Crippen LogP contribution >= 0.6 is 0 Å². The van der Waals surface area contributed by atoms with Crippen LogP contribution in [-0.4, -0.2) is 47.2 Å². The number of carbonyl (C=O) groups excluding carboxylic acids is 1. The molecule has 0 aliphatic carbocycles. The van der Waals surface area contributed by atoms with Crippen molar-refractivity contribution in [2.75, 3.05) is 19.6 Å². The minimum absolute atomic E-state index is 0.0551. The van der Waals surface area contributed by atoms with Gasteiger partial charge in [-0.25, -0.2) is 0 Å². The lowest BCUT2D eigenvalue weighted by Gasteiger charge is -2.47. The molecule has 4 nitrogen and oxygen atoms in total. The molecule has 2 rings (SSSR count). The summed E-state index contributed by atoms with van der Waals surface area (Å²) in [5, 5.41) is 0. The first-order valence-corrected chi connectivity index (χ1v) is 8.91. The third kappa shape index (κ3) is 3.46. The molecule has 2 aliphatic heterocycles. The largest absolute Gasteiger partial charge is 0.335 e. The van der Waals surface area contributed by atoms with Gasteiger partial charge in [0.1, 0.15) is 5.84 Å². The Morgan fingerprint density at radius 1 is 1.17 bits per heavy atom. The Morgan fingerprint density at radius 2 is 1.78 bits per heavy atom. The lowest BCUT2D eigenvalue weighted by Crippen LogP contribution is -2.54. The number of piperazine rings is 1. The topological polar surface area (TPSA) is 35.9 Å². The van der Waals surface area contributed by atoms with Gasteiger partial charge in [0, 0.05) is 30.6 Å². The molecule has 0 aromatic carbocycles. The fourth-order valence-corrected chi connectivity index (χ4v) is 3.83. The Bertz CT molecular complexity index is 537. The number of hydrogen-bond acceptors (Lipinski definition) is 3. The maximum absolute atomic E-state index is 12.5. The third-order valence-corrected chi connectivity index (χ3v) is 4.72. The molecule has 23 heavy (non-hydrogen) atoms. The molecule has 1 amide bonds. The van der Waals surface area contributed by atoms with Crippen LogP contribution in [0.1, 0.15) is 55.4 Å². The van der Waals surface area contributed by atoms with Crippen LogP contribution in [0.2, 0.25) is 0 Å². The van der Waals surface area contributed by atoms with Crippen molar-refractivity contribution in [3.05, 3.63) is 11.3 Å². The number of aliphatic imine (C=N–C) groups is 1. The first kappa shape index (κ1) is 18.0. The molecule has 0 unspecified atom stereocenters. The van der Waals surface area contributed by atoms with Crippen LogP contribution in [0.15, 0.2) is 16.3 Å². The van der Waals surface area contributed by atoms with Gasteiger partial charge in [0.2, 0.25) is 5.91 Å². The molecule has 0 bridgehead atoms. The van der Waals surface area contributed by atoms with E-state index in [2.05, 4.69) is 46.4 Å². The van der Waals surface area contributed by atoms with Gasteiger partial charge < -0.3 is 9.80 Å². The Balaban J connectivity index is 2.45. The van der Waals surface area contributed by atoms with Crippen LogP contribution in [0.4, 0.5) is 0 Å². The minimum Gasteiger partial charge on any atom is -0.335 e. The van der Waals surface area contributed by atoms with E-state index in [1.165, 1.54) is 17.1 Å². The highest BCUT2D eigenvalue weighted by molar-refractivity contribution is 5.88. The summed E-state index contributed by atoms with van der Waals surface area (Å²) in [6, 6.07) is 0.188. The molecule has 0 saturated carbocycles. The van der Waals surface area contributed by atoms with Crippen molar-refractivity contribution in [1.29, 1.82) is 0 Å². The monoisotopic (exact) mass is 319 g/mol. The second-order valence-electron chi connectivity index (χ2n) is 8.49. The van der Waals surface area contributed by atoms with Gasteiger partial charge in [0.25, 0.3) is 0 Å². The maximum atomic E-state index is 12.5. The number of amides is 1. The van der Waals surface area contributed by atoms with E-state index >= 15 is 0 Å². The minimum atomic E-state index is 0.0551. The molecule has 0 radical (unpaired) electrons. The van der Waals surface area contributed by atoms with Crippen molar-refractivity contribution in [3.63, 3.8) is 0 Å². The van der Waals surface area contributed by atoms with Crippen molar-refractivity contribution >= 4 is 11.7 Å². The third-order valence-electron chi connectivity index (χ3n) is 4.72. The Kier molecular flexibility index (Phi) is 4.93. The predicted molar refractivity (Wildman–Crippen MR) is 96.3 cm³/mol. The molecule has 130 valence electrons. The van der Waals surface area contributed by atoms with Crippen LogP contribution in [-0.2, 0) is 4.79 Å². The Labute approximate surface area is 141 Å². The molecule has 2 aliphatic rings.